The van der Waals surface area contributed by atoms with E-state index in [4.69, 9.17) is 0 Å². The van der Waals surface area contributed by atoms with Crippen molar-refractivity contribution in [1.82, 2.24) is 5.32 Å². The first-order valence-corrected chi connectivity index (χ1v) is 7.05. The van der Waals surface area contributed by atoms with Crippen molar-refractivity contribution in [2.24, 2.45) is 5.41 Å². The standard InChI is InChI=1S/C16H24N2O2/c1-5-6-11-17-14(19)12-9-7-8-10-13(12)18-15(20)16(2,3)4/h7-10H,5-6,11H2,1-4H3,(H,17,19)(H,18,20). The van der Waals surface area contributed by atoms with Gasteiger partial charge < -0.3 is 10.6 Å². The molecule has 0 bridgehead atoms. The molecule has 0 radical (unpaired) electrons. The van der Waals surface area contributed by atoms with Crippen LogP contribution in [0, 0.1) is 5.41 Å². The van der Waals surface area contributed by atoms with Gasteiger partial charge in [0.15, 0.2) is 0 Å². The minimum atomic E-state index is -0.494. The molecular weight excluding hydrogens is 252 g/mol. The Morgan fingerprint density at radius 3 is 2.40 bits per heavy atom. The number of anilines is 1. The van der Waals surface area contributed by atoms with Gasteiger partial charge in [0.1, 0.15) is 0 Å². The van der Waals surface area contributed by atoms with Crippen molar-refractivity contribution in [2.75, 3.05) is 11.9 Å². The monoisotopic (exact) mass is 276 g/mol. The van der Waals surface area contributed by atoms with Crippen molar-refractivity contribution >= 4 is 17.5 Å². The van der Waals surface area contributed by atoms with Crippen LogP contribution in [0.3, 0.4) is 0 Å². The number of amides is 2. The molecule has 0 aliphatic heterocycles. The Morgan fingerprint density at radius 2 is 1.80 bits per heavy atom. The maximum absolute atomic E-state index is 12.1. The highest BCUT2D eigenvalue weighted by molar-refractivity contribution is 6.04. The lowest BCUT2D eigenvalue weighted by Crippen LogP contribution is -2.30. The van der Waals surface area contributed by atoms with E-state index in [-0.39, 0.29) is 11.8 Å². The van der Waals surface area contributed by atoms with E-state index >= 15 is 0 Å². The van der Waals surface area contributed by atoms with Gasteiger partial charge in [0.05, 0.1) is 11.3 Å². The second kappa shape index (κ2) is 7.08. The van der Waals surface area contributed by atoms with Gasteiger partial charge in [-0.3, -0.25) is 9.59 Å². The largest absolute Gasteiger partial charge is 0.352 e. The van der Waals surface area contributed by atoms with Crippen molar-refractivity contribution < 1.29 is 9.59 Å². The lowest BCUT2D eigenvalue weighted by atomic mass is 9.95. The molecule has 2 amide bonds. The molecule has 1 rings (SSSR count). The molecule has 0 saturated heterocycles. The van der Waals surface area contributed by atoms with Gasteiger partial charge in [0.2, 0.25) is 5.91 Å². The van der Waals surface area contributed by atoms with Gasteiger partial charge in [0.25, 0.3) is 5.91 Å². The molecule has 0 heterocycles. The van der Waals surface area contributed by atoms with Crippen molar-refractivity contribution in [2.45, 2.75) is 40.5 Å². The minimum Gasteiger partial charge on any atom is -0.352 e. The summed E-state index contributed by atoms with van der Waals surface area (Å²) < 4.78 is 0. The number of para-hydroxylation sites is 1. The summed E-state index contributed by atoms with van der Waals surface area (Å²) >= 11 is 0. The van der Waals surface area contributed by atoms with Crippen LogP contribution in [0.2, 0.25) is 0 Å². The topological polar surface area (TPSA) is 58.2 Å². The number of hydrogen-bond donors (Lipinski definition) is 2. The first-order chi connectivity index (χ1) is 9.36. The van der Waals surface area contributed by atoms with Crippen molar-refractivity contribution in [3.63, 3.8) is 0 Å². The number of nitrogens with one attached hydrogen (secondary N) is 2. The summed E-state index contributed by atoms with van der Waals surface area (Å²) in [7, 11) is 0. The van der Waals surface area contributed by atoms with Crippen molar-refractivity contribution in [1.29, 1.82) is 0 Å². The number of benzene rings is 1. The SMILES string of the molecule is CCCCNC(=O)c1ccccc1NC(=O)C(C)(C)C. The van der Waals surface area contributed by atoms with Gasteiger partial charge >= 0.3 is 0 Å². The van der Waals surface area contributed by atoms with Gasteiger partial charge in [-0.05, 0) is 18.6 Å². The van der Waals surface area contributed by atoms with E-state index in [2.05, 4.69) is 17.6 Å². The number of unbranched alkanes of at least 4 members (excludes halogenated alkanes) is 1. The van der Waals surface area contributed by atoms with Crippen LogP contribution in [0.4, 0.5) is 5.69 Å². The molecule has 1 aromatic carbocycles. The fourth-order valence-electron chi connectivity index (χ4n) is 1.57. The van der Waals surface area contributed by atoms with E-state index in [0.717, 1.165) is 12.8 Å². The fraction of sp³-hybridized carbons (Fsp3) is 0.500. The Kier molecular flexibility index (Phi) is 5.74. The lowest BCUT2D eigenvalue weighted by molar-refractivity contribution is -0.123. The molecule has 0 aromatic heterocycles. The molecule has 0 atom stereocenters. The van der Waals surface area contributed by atoms with E-state index in [0.29, 0.717) is 17.8 Å². The third-order valence-electron chi connectivity index (χ3n) is 2.92. The van der Waals surface area contributed by atoms with Crippen LogP contribution >= 0.6 is 0 Å². The van der Waals surface area contributed by atoms with Crippen LogP contribution in [-0.4, -0.2) is 18.4 Å². The molecule has 4 heteroatoms. The van der Waals surface area contributed by atoms with Gasteiger partial charge in [-0.2, -0.15) is 0 Å². The second-order valence-corrected chi connectivity index (χ2v) is 5.86. The van der Waals surface area contributed by atoms with E-state index in [1.165, 1.54) is 0 Å². The summed E-state index contributed by atoms with van der Waals surface area (Å²) in [6.45, 7) is 8.24. The van der Waals surface area contributed by atoms with Crippen LogP contribution in [0.25, 0.3) is 0 Å². The number of hydrogen-bond acceptors (Lipinski definition) is 2. The number of carbonyl (C=O) groups is 2. The summed E-state index contributed by atoms with van der Waals surface area (Å²) in [5.41, 5.74) is 0.564. The van der Waals surface area contributed by atoms with E-state index in [9.17, 15) is 9.59 Å². The molecular formula is C16H24N2O2. The molecule has 0 aliphatic carbocycles. The maximum Gasteiger partial charge on any atom is 0.253 e. The first-order valence-electron chi connectivity index (χ1n) is 7.05. The lowest BCUT2D eigenvalue weighted by Gasteiger charge is -2.19. The fourth-order valence-corrected chi connectivity index (χ4v) is 1.57. The maximum atomic E-state index is 12.1. The smallest absolute Gasteiger partial charge is 0.253 e. The highest BCUT2D eigenvalue weighted by atomic mass is 16.2. The van der Waals surface area contributed by atoms with Gasteiger partial charge in [-0.15, -0.1) is 0 Å². The van der Waals surface area contributed by atoms with Gasteiger partial charge in [-0.25, -0.2) is 0 Å². The predicted molar refractivity (Wildman–Crippen MR) is 81.8 cm³/mol. The molecule has 0 aliphatic rings. The summed E-state index contributed by atoms with van der Waals surface area (Å²) in [5, 5.41) is 5.68. The van der Waals surface area contributed by atoms with Gasteiger partial charge in [0, 0.05) is 12.0 Å². The third-order valence-corrected chi connectivity index (χ3v) is 2.92. The molecule has 0 fully saturated rings. The molecule has 0 saturated carbocycles. The van der Waals surface area contributed by atoms with Crippen LogP contribution in [-0.2, 0) is 4.79 Å². The molecule has 2 N–H and O–H groups in total. The van der Waals surface area contributed by atoms with Crippen LogP contribution < -0.4 is 10.6 Å². The van der Waals surface area contributed by atoms with Gasteiger partial charge in [-0.1, -0.05) is 46.2 Å². The normalized spacial score (nSPS) is 11.0. The van der Waals surface area contributed by atoms with Crippen LogP contribution in [0.15, 0.2) is 24.3 Å². The predicted octanol–water partition coefficient (Wildman–Crippen LogP) is 3.20. The summed E-state index contributed by atoms with van der Waals surface area (Å²) in [5.74, 6) is -0.255. The second-order valence-electron chi connectivity index (χ2n) is 5.86. The Balaban J connectivity index is 2.83. The zero-order chi connectivity index (χ0) is 15.2. The summed E-state index contributed by atoms with van der Waals surface area (Å²) in [6, 6.07) is 7.07. The van der Waals surface area contributed by atoms with Crippen LogP contribution in [0.5, 0.6) is 0 Å². The highest BCUT2D eigenvalue weighted by Gasteiger charge is 2.22. The molecule has 20 heavy (non-hydrogen) atoms. The summed E-state index contributed by atoms with van der Waals surface area (Å²) in [6.07, 6.45) is 1.98. The van der Waals surface area contributed by atoms with E-state index in [1.807, 2.05) is 20.8 Å². The van der Waals surface area contributed by atoms with Crippen LogP contribution in [0.1, 0.15) is 50.9 Å². The molecule has 0 unspecified atom stereocenters. The minimum absolute atomic E-state index is 0.105. The Hall–Kier alpha value is -1.84. The van der Waals surface area contributed by atoms with E-state index < -0.39 is 5.41 Å². The molecule has 4 nitrogen and oxygen atoms in total. The Morgan fingerprint density at radius 1 is 1.15 bits per heavy atom. The summed E-state index contributed by atoms with van der Waals surface area (Å²) in [4.78, 5) is 24.1. The Labute approximate surface area is 121 Å². The first kappa shape index (κ1) is 16.2. The number of carbonyl (C=O) groups excluding carboxylic acids is 2. The molecule has 0 spiro atoms. The zero-order valence-corrected chi connectivity index (χ0v) is 12.7. The van der Waals surface area contributed by atoms with Crippen molar-refractivity contribution in [3.8, 4) is 0 Å². The molecule has 110 valence electrons. The average molecular weight is 276 g/mol. The van der Waals surface area contributed by atoms with E-state index in [1.54, 1.807) is 24.3 Å². The quantitative estimate of drug-likeness (QED) is 0.811. The third kappa shape index (κ3) is 4.68. The zero-order valence-electron chi connectivity index (χ0n) is 12.7. The Bertz CT molecular complexity index is 476. The highest BCUT2D eigenvalue weighted by Crippen LogP contribution is 2.20. The average Bonchev–Trinajstić information content (AvgIpc) is 2.38. The molecule has 1 aromatic rings. The number of rotatable bonds is 5. The van der Waals surface area contributed by atoms with Crippen molar-refractivity contribution in [3.05, 3.63) is 29.8 Å².